The summed E-state index contributed by atoms with van der Waals surface area (Å²) in [6.45, 7) is 0.320. The van der Waals surface area contributed by atoms with Gasteiger partial charge in [-0.25, -0.2) is 0 Å². The van der Waals surface area contributed by atoms with Gasteiger partial charge in [-0.2, -0.15) is 16.9 Å². The normalized spacial score (nSPS) is 12.8. The second-order valence-electron chi connectivity index (χ2n) is 3.16. The predicted octanol–water partition coefficient (Wildman–Crippen LogP) is 0.835. The molecule has 0 saturated heterocycles. The number of aliphatic hydroxyl groups is 1. The summed E-state index contributed by atoms with van der Waals surface area (Å²) in [4.78, 5) is 9.70. The Kier molecular flexibility index (Phi) is 5.50. The quantitative estimate of drug-likeness (QED) is 0.427. The maximum absolute atomic E-state index is 10.3. The molecule has 0 radical (unpaired) electrons. The summed E-state index contributed by atoms with van der Waals surface area (Å²) in [5, 5.41) is 23.5. The molecule has 0 aliphatic carbocycles. The van der Waals surface area contributed by atoms with Crippen molar-refractivity contribution in [3.05, 3.63) is 28.0 Å². The Bertz CT molecular complexity index is 393. The summed E-state index contributed by atoms with van der Waals surface area (Å²) in [6, 6.07) is 2.70. The maximum atomic E-state index is 10.3. The van der Waals surface area contributed by atoms with Crippen LogP contribution in [0.25, 0.3) is 0 Å². The summed E-state index contributed by atoms with van der Waals surface area (Å²) in [6.07, 6.45) is 2.74. The van der Waals surface area contributed by atoms with Crippen LogP contribution in [0.2, 0.25) is 0 Å². The van der Waals surface area contributed by atoms with Crippen LogP contribution in [0.15, 0.2) is 21.7 Å². The van der Waals surface area contributed by atoms with E-state index in [1.807, 2.05) is 6.26 Å². The summed E-state index contributed by atoms with van der Waals surface area (Å²) < 4.78 is 4.84. The van der Waals surface area contributed by atoms with Crippen LogP contribution in [0.4, 0.5) is 5.88 Å². The van der Waals surface area contributed by atoms with E-state index >= 15 is 0 Å². The van der Waals surface area contributed by atoms with Crippen LogP contribution >= 0.6 is 11.8 Å². The Hall–Kier alpha value is -1.54. The molecule has 0 aromatic carbocycles. The van der Waals surface area contributed by atoms with Crippen LogP contribution < -0.4 is 5.43 Å². The molecule has 17 heavy (non-hydrogen) atoms. The van der Waals surface area contributed by atoms with Crippen molar-refractivity contribution in [3.63, 3.8) is 0 Å². The number of nitrogens with one attached hydrogen (secondary N) is 1. The maximum Gasteiger partial charge on any atom is 0.433 e. The van der Waals surface area contributed by atoms with E-state index in [1.165, 1.54) is 30.1 Å². The van der Waals surface area contributed by atoms with Gasteiger partial charge in [0.05, 0.1) is 24.9 Å². The predicted molar refractivity (Wildman–Crippen MR) is 65.3 cm³/mol. The summed E-state index contributed by atoms with van der Waals surface area (Å²) in [5.41, 5.74) is 2.63. The highest BCUT2D eigenvalue weighted by atomic mass is 32.2. The molecule has 2 N–H and O–H groups in total. The number of hydrogen-bond donors (Lipinski definition) is 2. The fourth-order valence-electron chi connectivity index (χ4n) is 1.03. The second-order valence-corrected chi connectivity index (χ2v) is 4.07. The van der Waals surface area contributed by atoms with Gasteiger partial charge in [-0.15, -0.1) is 0 Å². The third-order valence-corrected chi connectivity index (χ3v) is 2.48. The fourth-order valence-corrected chi connectivity index (χ4v) is 1.53. The Balaban J connectivity index is 2.35. The smallest absolute Gasteiger partial charge is 0.400 e. The van der Waals surface area contributed by atoms with Crippen molar-refractivity contribution < 1.29 is 14.4 Å². The number of thioether (sulfide) groups is 1. The van der Waals surface area contributed by atoms with Crippen molar-refractivity contribution in [3.8, 4) is 0 Å². The van der Waals surface area contributed by atoms with Crippen molar-refractivity contribution >= 4 is 23.9 Å². The first kappa shape index (κ1) is 13.5. The van der Waals surface area contributed by atoms with Gasteiger partial charge in [0.1, 0.15) is 4.92 Å². The highest BCUT2D eigenvalue weighted by molar-refractivity contribution is 7.98. The topological polar surface area (TPSA) is 101 Å². The molecule has 7 nitrogen and oxygen atoms in total. The molecule has 1 aromatic rings. The van der Waals surface area contributed by atoms with Crippen LogP contribution in [-0.4, -0.2) is 40.9 Å². The first-order chi connectivity index (χ1) is 8.13. The number of hydrazone groups is 1. The van der Waals surface area contributed by atoms with E-state index in [0.29, 0.717) is 12.3 Å². The van der Waals surface area contributed by atoms with Gasteiger partial charge >= 0.3 is 5.88 Å². The highest BCUT2D eigenvalue weighted by Crippen LogP contribution is 2.13. The van der Waals surface area contributed by atoms with Gasteiger partial charge in [0.15, 0.2) is 5.76 Å². The number of hydrogen-bond acceptors (Lipinski definition) is 7. The van der Waals surface area contributed by atoms with Gasteiger partial charge in [0.25, 0.3) is 0 Å². The SMILES string of the molecule is CSCC(O)CN/N=C/c1ccc([N+](=O)[O-])o1. The van der Waals surface area contributed by atoms with Crippen molar-refractivity contribution in [1.82, 2.24) is 5.43 Å². The lowest BCUT2D eigenvalue weighted by atomic mass is 10.4. The Morgan fingerprint density at radius 1 is 1.76 bits per heavy atom. The molecule has 1 unspecified atom stereocenters. The minimum Gasteiger partial charge on any atom is -0.400 e. The van der Waals surface area contributed by atoms with Gasteiger partial charge in [0.2, 0.25) is 0 Å². The standard InChI is InChI=1S/C9H13N3O4S/c1-17-6-7(13)4-10-11-5-8-2-3-9(16-8)12(14)15/h2-3,5,7,10,13H,4,6H2,1H3/b11-5+. The molecular weight excluding hydrogens is 246 g/mol. The zero-order chi connectivity index (χ0) is 12.7. The average Bonchev–Trinajstić information content (AvgIpc) is 2.73. The van der Waals surface area contributed by atoms with Crippen molar-refractivity contribution in [2.24, 2.45) is 5.10 Å². The molecule has 0 aliphatic heterocycles. The third-order valence-electron chi connectivity index (χ3n) is 1.76. The van der Waals surface area contributed by atoms with E-state index in [4.69, 9.17) is 4.42 Å². The third kappa shape index (κ3) is 4.87. The summed E-state index contributed by atoms with van der Waals surface area (Å²) in [5.74, 6) is 0.576. The Morgan fingerprint density at radius 2 is 2.53 bits per heavy atom. The molecule has 0 aliphatic rings. The largest absolute Gasteiger partial charge is 0.433 e. The molecule has 0 spiro atoms. The van der Waals surface area contributed by atoms with Gasteiger partial charge in [0, 0.05) is 5.75 Å². The van der Waals surface area contributed by atoms with E-state index in [-0.39, 0.29) is 11.6 Å². The minimum absolute atomic E-state index is 0.281. The fraction of sp³-hybridized carbons (Fsp3) is 0.444. The number of aliphatic hydroxyl groups excluding tert-OH is 1. The Labute approximate surface area is 102 Å². The Morgan fingerprint density at radius 3 is 3.12 bits per heavy atom. The second kappa shape index (κ2) is 6.92. The molecule has 0 fully saturated rings. The van der Waals surface area contributed by atoms with Gasteiger partial charge < -0.3 is 14.9 Å². The van der Waals surface area contributed by atoms with Crippen LogP contribution in [0.5, 0.6) is 0 Å². The lowest BCUT2D eigenvalue weighted by Crippen LogP contribution is -2.24. The summed E-state index contributed by atoms with van der Waals surface area (Å²) >= 11 is 1.54. The molecule has 8 heteroatoms. The monoisotopic (exact) mass is 259 g/mol. The van der Waals surface area contributed by atoms with Crippen LogP contribution in [-0.2, 0) is 0 Å². The lowest BCUT2D eigenvalue weighted by molar-refractivity contribution is -0.402. The number of nitro groups is 1. The first-order valence-corrected chi connectivity index (χ1v) is 6.20. The molecule has 0 saturated carbocycles. The minimum atomic E-state index is -0.618. The molecule has 0 amide bonds. The van der Waals surface area contributed by atoms with E-state index in [2.05, 4.69) is 10.5 Å². The van der Waals surface area contributed by atoms with E-state index in [1.54, 1.807) is 0 Å². The molecule has 1 aromatic heterocycles. The van der Waals surface area contributed by atoms with Crippen molar-refractivity contribution in [1.29, 1.82) is 0 Å². The number of rotatable bonds is 7. The van der Waals surface area contributed by atoms with E-state index in [0.717, 1.165) is 0 Å². The van der Waals surface area contributed by atoms with Crippen molar-refractivity contribution in [2.45, 2.75) is 6.10 Å². The van der Waals surface area contributed by atoms with Crippen molar-refractivity contribution in [2.75, 3.05) is 18.6 Å². The number of nitrogens with zero attached hydrogens (tertiary/aromatic N) is 2. The zero-order valence-electron chi connectivity index (χ0n) is 9.20. The zero-order valence-corrected chi connectivity index (χ0v) is 10.0. The number of furan rings is 1. The van der Waals surface area contributed by atoms with E-state index in [9.17, 15) is 15.2 Å². The lowest BCUT2D eigenvalue weighted by Gasteiger charge is -2.06. The van der Waals surface area contributed by atoms with Crippen LogP contribution in [0.3, 0.4) is 0 Å². The highest BCUT2D eigenvalue weighted by Gasteiger charge is 2.10. The van der Waals surface area contributed by atoms with Crippen LogP contribution in [0.1, 0.15) is 5.76 Å². The molecule has 1 rings (SSSR count). The molecule has 0 bridgehead atoms. The van der Waals surface area contributed by atoms with Crippen LogP contribution in [0, 0.1) is 10.1 Å². The molecule has 1 atom stereocenters. The average molecular weight is 259 g/mol. The van der Waals surface area contributed by atoms with Gasteiger partial charge in [-0.05, 0) is 12.3 Å². The van der Waals surface area contributed by atoms with E-state index < -0.39 is 11.0 Å². The molecule has 1 heterocycles. The molecule has 94 valence electrons. The van der Waals surface area contributed by atoms with Gasteiger partial charge in [-0.1, -0.05) is 0 Å². The summed E-state index contributed by atoms with van der Waals surface area (Å²) in [7, 11) is 0. The first-order valence-electron chi connectivity index (χ1n) is 4.80. The molecular formula is C9H13N3O4S. The van der Waals surface area contributed by atoms with Gasteiger partial charge in [-0.3, -0.25) is 10.1 Å².